The third-order valence-corrected chi connectivity index (χ3v) is 3.73. The Morgan fingerprint density at radius 3 is 2.70 bits per heavy atom. The first kappa shape index (κ1) is 15.2. The van der Waals surface area contributed by atoms with Gasteiger partial charge in [-0.3, -0.25) is 0 Å². The molecule has 0 saturated carbocycles. The maximum absolute atomic E-state index is 14.1. The van der Waals surface area contributed by atoms with E-state index in [4.69, 9.17) is 15.6 Å². The van der Waals surface area contributed by atoms with Crippen molar-refractivity contribution in [2.75, 3.05) is 31.2 Å². The summed E-state index contributed by atoms with van der Waals surface area (Å²) >= 11 is 0. The number of ether oxygens (including phenoxy) is 1. The van der Waals surface area contributed by atoms with E-state index in [2.05, 4.69) is 0 Å². The van der Waals surface area contributed by atoms with Gasteiger partial charge in [0, 0.05) is 19.1 Å². The van der Waals surface area contributed by atoms with E-state index in [0.29, 0.717) is 12.3 Å². The molecule has 20 heavy (non-hydrogen) atoms. The third kappa shape index (κ3) is 3.69. The van der Waals surface area contributed by atoms with Gasteiger partial charge in [0.1, 0.15) is 5.82 Å². The second-order valence-corrected chi connectivity index (χ2v) is 5.28. The maximum Gasteiger partial charge on any atom is 0.146 e. The second kappa shape index (κ2) is 7.02. The lowest BCUT2D eigenvalue weighted by Gasteiger charge is -2.33. The zero-order chi connectivity index (χ0) is 14.5. The Morgan fingerprint density at radius 1 is 1.45 bits per heavy atom. The SMILES string of the molecule is C[C@H](N)c1ccc(N2CCC(OCCO)CC2)c(F)c1. The average molecular weight is 282 g/mol. The van der Waals surface area contributed by atoms with Crippen LogP contribution in [0.15, 0.2) is 18.2 Å². The van der Waals surface area contributed by atoms with Gasteiger partial charge in [-0.05, 0) is 37.5 Å². The Hall–Kier alpha value is -1.17. The van der Waals surface area contributed by atoms with Crippen LogP contribution >= 0.6 is 0 Å². The fourth-order valence-electron chi connectivity index (χ4n) is 2.55. The monoisotopic (exact) mass is 282 g/mol. The highest BCUT2D eigenvalue weighted by molar-refractivity contribution is 5.50. The minimum Gasteiger partial charge on any atom is -0.394 e. The first-order chi connectivity index (χ1) is 9.61. The van der Waals surface area contributed by atoms with Crippen molar-refractivity contribution in [3.05, 3.63) is 29.6 Å². The predicted octanol–water partition coefficient (Wildman–Crippen LogP) is 1.82. The summed E-state index contributed by atoms with van der Waals surface area (Å²) in [6, 6.07) is 5.06. The molecule has 0 aromatic heterocycles. The standard InChI is InChI=1S/C15H23FN2O2/c1-11(17)12-2-3-15(14(16)10-12)18-6-4-13(5-7-18)20-9-8-19/h2-3,10-11,13,19H,4-9,17H2,1H3/t11-/m0/s1. The first-order valence-corrected chi connectivity index (χ1v) is 7.14. The molecule has 0 unspecified atom stereocenters. The summed E-state index contributed by atoms with van der Waals surface area (Å²) in [6.07, 6.45) is 1.88. The Labute approximate surface area is 119 Å². The summed E-state index contributed by atoms with van der Waals surface area (Å²) in [5.74, 6) is -0.213. The molecule has 1 aliphatic heterocycles. The molecule has 1 aliphatic rings. The quantitative estimate of drug-likeness (QED) is 0.865. The van der Waals surface area contributed by atoms with E-state index < -0.39 is 0 Å². The average Bonchev–Trinajstić information content (AvgIpc) is 2.45. The fourth-order valence-corrected chi connectivity index (χ4v) is 2.55. The molecular formula is C15H23FN2O2. The van der Waals surface area contributed by atoms with Gasteiger partial charge in [-0.15, -0.1) is 0 Å². The van der Waals surface area contributed by atoms with Gasteiger partial charge in [-0.1, -0.05) is 6.07 Å². The van der Waals surface area contributed by atoms with Crippen molar-refractivity contribution in [2.24, 2.45) is 5.73 Å². The highest BCUT2D eigenvalue weighted by Gasteiger charge is 2.21. The number of aliphatic hydroxyl groups excluding tert-OH is 1. The zero-order valence-corrected chi connectivity index (χ0v) is 11.9. The molecule has 3 N–H and O–H groups in total. The number of benzene rings is 1. The van der Waals surface area contributed by atoms with Crippen molar-refractivity contribution in [1.82, 2.24) is 0 Å². The largest absolute Gasteiger partial charge is 0.394 e. The molecule has 0 aliphatic carbocycles. The van der Waals surface area contributed by atoms with Crippen LogP contribution in [0.4, 0.5) is 10.1 Å². The van der Waals surface area contributed by atoms with Gasteiger partial charge in [0.25, 0.3) is 0 Å². The highest BCUT2D eigenvalue weighted by atomic mass is 19.1. The first-order valence-electron chi connectivity index (χ1n) is 7.14. The third-order valence-electron chi connectivity index (χ3n) is 3.73. The van der Waals surface area contributed by atoms with Gasteiger partial charge in [-0.25, -0.2) is 4.39 Å². The molecular weight excluding hydrogens is 259 g/mol. The summed E-state index contributed by atoms with van der Waals surface area (Å²) in [6.45, 7) is 3.81. The van der Waals surface area contributed by atoms with E-state index in [0.717, 1.165) is 31.5 Å². The lowest BCUT2D eigenvalue weighted by atomic mass is 10.0. The number of rotatable bonds is 5. The number of nitrogens with zero attached hydrogens (tertiary/aromatic N) is 1. The van der Waals surface area contributed by atoms with Crippen LogP contribution in [0.3, 0.4) is 0 Å². The van der Waals surface area contributed by atoms with Crippen molar-refractivity contribution in [3.63, 3.8) is 0 Å². The molecule has 1 heterocycles. The van der Waals surface area contributed by atoms with Crippen LogP contribution in [0.25, 0.3) is 0 Å². The molecule has 1 fully saturated rings. The van der Waals surface area contributed by atoms with Crippen molar-refractivity contribution in [1.29, 1.82) is 0 Å². The molecule has 2 rings (SSSR count). The van der Waals surface area contributed by atoms with E-state index in [1.807, 2.05) is 24.0 Å². The van der Waals surface area contributed by atoms with E-state index in [9.17, 15) is 4.39 Å². The summed E-state index contributed by atoms with van der Waals surface area (Å²) in [5.41, 5.74) is 7.21. The number of hydrogen-bond acceptors (Lipinski definition) is 4. The fraction of sp³-hybridized carbons (Fsp3) is 0.600. The Balaban J connectivity index is 1.96. The number of hydrogen-bond donors (Lipinski definition) is 2. The van der Waals surface area contributed by atoms with Gasteiger partial charge in [0.2, 0.25) is 0 Å². The van der Waals surface area contributed by atoms with Gasteiger partial charge < -0.3 is 20.5 Å². The minimum atomic E-state index is -0.213. The van der Waals surface area contributed by atoms with Gasteiger partial charge in [0.05, 0.1) is 25.0 Å². The molecule has 1 atom stereocenters. The maximum atomic E-state index is 14.1. The highest BCUT2D eigenvalue weighted by Crippen LogP contribution is 2.26. The van der Waals surface area contributed by atoms with Crippen LogP contribution < -0.4 is 10.6 Å². The number of piperidine rings is 1. The van der Waals surface area contributed by atoms with Gasteiger partial charge >= 0.3 is 0 Å². The van der Waals surface area contributed by atoms with Crippen LogP contribution in [0, 0.1) is 5.82 Å². The molecule has 4 nitrogen and oxygen atoms in total. The van der Waals surface area contributed by atoms with Gasteiger partial charge in [0.15, 0.2) is 0 Å². The number of halogens is 1. The summed E-state index contributed by atoms with van der Waals surface area (Å²) < 4.78 is 19.6. The molecule has 5 heteroatoms. The van der Waals surface area contributed by atoms with Crippen LogP contribution in [0.5, 0.6) is 0 Å². The molecule has 0 amide bonds. The smallest absolute Gasteiger partial charge is 0.146 e. The second-order valence-electron chi connectivity index (χ2n) is 5.28. The Bertz CT molecular complexity index is 432. The number of aliphatic hydroxyl groups is 1. The van der Waals surface area contributed by atoms with E-state index in [-0.39, 0.29) is 24.6 Å². The molecule has 0 bridgehead atoms. The molecule has 1 aromatic rings. The van der Waals surface area contributed by atoms with E-state index in [1.54, 1.807) is 0 Å². The summed E-state index contributed by atoms with van der Waals surface area (Å²) in [5, 5.41) is 8.74. The summed E-state index contributed by atoms with van der Waals surface area (Å²) in [7, 11) is 0. The topological polar surface area (TPSA) is 58.7 Å². The Kier molecular flexibility index (Phi) is 5.34. The van der Waals surface area contributed by atoms with Crippen LogP contribution in [-0.2, 0) is 4.74 Å². The molecule has 1 aromatic carbocycles. The zero-order valence-electron chi connectivity index (χ0n) is 11.9. The van der Waals surface area contributed by atoms with Crippen molar-refractivity contribution < 1.29 is 14.2 Å². The minimum absolute atomic E-state index is 0.0492. The normalized spacial score (nSPS) is 18.3. The molecule has 0 spiro atoms. The molecule has 0 radical (unpaired) electrons. The van der Waals surface area contributed by atoms with Crippen LogP contribution in [0.1, 0.15) is 31.4 Å². The predicted molar refractivity (Wildman–Crippen MR) is 77.3 cm³/mol. The number of nitrogens with two attached hydrogens (primary N) is 1. The Morgan fingerprint density at radius 2 is 2.15 bits per heavy atom. The summed E-state index contributed by atoms with van der Waals surface area (Å²) in [4.78, 5) is 2.04. The lowest BCUT2D eigenvalue weighted by Crippen LogP contribution is -2.37. The number of anilines is 1. The van der Waals surface area contributed by atoms with Crippen LogP contribution in [-0.4, -0.2) is 37.5 Å². The van der Waals surface area contributed by atoms with Crippen molar-refractivity contribution in [2.45, 2.75) is 31.9 Å². The van der Waals surface area contributed by atoms with Crippen molar-refractivity contribution >= 4 is 5.69 Å². The molecule has 1 saturated heterocycles. The van der Waals surface area contributed by atoms with E-state index >= 15 is 0 Å². The lowest BCUT2D eigenvalue weighted by molar-refractivity contribution is 0.0158. The van der Waals surface area contributed by atoms with E-state index in [1.165, 1.54) is 6.07 Å². The van der Waals surface area contributed by atoms with Gasteiger partial charge in [-0.2, -0.15) is 0 Å². The van der Waals surface area contributed by atoms with Crippen LogP contribution in [0.2, 0.25) is 0 Å². The van der Waals surface area contributed by atoms with Crippen molar-refractivity contribution in [3.8, 4) is 0 Å². The molecule has 112 valence electrons.